The SMILES string of the molecule is CO[C@H]1CC([C@@H]2/C(C)=C/C[C@H]3CO[C@H](C4CCCCC4)[C@@H](C)CCCC[C@H](C3)OC(=O)[C@@H]3C=C(C)/C(=N/O)[C@H]4OC/C(=C\C=C\[C@@H]2C)[C@]43O)O[C@@H](C)[C@@H]1O. The molecule has 302 valence electrons. The second-order valence-electron chi connectivity index (χ2n) is 17.5. The molecule has 1 saturated carbocycles. The minimum absolute atomic E-state index is 0.00996. The molecular weight excluding hydrogens is 686 g/mol. The predicted molar refractivity (Wildman–Crippen MR) is 207 cm³/mol. The van der Waals surface area contributed by atoms with Crippen LogP contribution in [0.1, 0.15) is 112 Å². The van der Waals surface area contributed by atoms with Gasteiger partial charge in [0.15, 0.2) is 0 Å². The van der Waals surface area contributed by atoms with E-state index in [1.54, 1.807) is 20.1 Å². The molecule has 6 rings (SSSR count). The van der Waals surface area contributed by atoms with Gasteiger partial charge in [-0.2, -0.15) is 0 Å². The van der Waals surface area contributed by atoms with Crippen LogP contribution in [0.25, 0.3) is 0 Å². The molecule has 10 nitrogen and oxygen atoms in total. The van der Waals surface area contributed by atoms with E-state index < -0.39 is 29.7 Å². The van der Waals surface area contributed by atoms with Gasteiger partial charge in [-0.25, -0.2) is 0 Å². The zero-order valence-corrected chi connectivity index (χ0v) is 33.5. The van der Waals surface area contributed by atoms with E-state index in [-0.39, 0.29) is 60.6 Å². The van der Waals surface area contributed by atoms with Crippen molar-refractivity contribution in [3.8, 4) is 0 Å². The normalized spacial score (nSPS) is 45.4. The molecule has 6 aliphatic rings. The van der Waals surface area contributed by atoms with Crippen LogP contribution in [0.2, 0.25) is 0 Å². The first kappa shape index (κ1) is 41.3. The van der Waals surface area contributed by atoms with Crippen LogP contribution in [0.4, 0.5) is 0 Å². The third kappa shape index (κ3) is 8.79. The van der Waals surface area contributed by atoms with Crippen LogP contribution in [0.3, 0.4) is 0 Å². The molecule has 0 spiro atoms. The van der Waals surface area contributed by atoms with Crippen LogP contribution in [-0.4, -0.2) is 95.8 Å². The van der Waals surface area contributed by atoms with Crippen molar-refractivity contribution in [2.45, 2.75) is 160 Å². The second kappa shape index (κ2) is 18.3. The molecule has 0 aromatic rings. The largest absolute Gasteiger partial charge is 0.462 e. The number of carbonyl (C=O) groups excluding carboxylic acids is 1. The van der Waals surface area contributed by atoms with Crippen molar-refractivity contribution in [2.24, 2.45) is 40.7 Å². The van der Waals surface area contributed by atoms with Gasteiger partial charge in [0, 0.05) is 19.4 Å². The topological polar surface area (TPSA) is 136 Å². The molecule has 4 fully saturated rings. The van der Waals surface area contributed by atoms with E-state index in [1.807, 2.05) is 19.1 Å². The number of fused-ring (bicyclic) bond motifs is 2. The molecule has 13 atom stereocenters. The molecule has 0 aromatic carbocycles. The van der Waals surface area contributed by atoms with E-state index in [0.717, 1.165) is 32.1 Å². The lowest BCUT2D eigenvalue weighted by molar-refractivity contribution is -0.182. The average Bonchev–Trinajstić information content (AvgIpc) is 3.47. The summed E-state index contributed by atoms with van der Waals surface area (Å²) in [4.78, 5) is 14.3. The summed E-state index contributed by atoms with van der Waals surface area (Å²) in [7, 11) is 1.65. The fraction of sp³-hybridized carbons (Fsp3) is 0.773. The molecular formula is C44H67NO9. The fourth-order valence-electron chi connectivity index (χ4n) is 10.6. The maximum absolute atomic E-state index is 14.3. The number of aliphatic hydroxyl groups excluding tert-OH is 1. The van der Waals surface area contributed by atoms with E-state index in [4.69, 9.17) is 23.7 Å². The third-order valence-corrected chi connectivity index (χ3v) is 13.7. The molecule has 10 heteroatoms. The number of carbonyl (C=O) groups is 1. The first-order chi connectivity index (χ1) is 26.0. The van der Waals surface area contributed by atoms with Crippen LogP contribution < -0.4 is 0 Å². The highest BCUT2D eigenvalue weighted by Crippen LogP contribution is 2.45. The van der Waals surface area contributed by atoms with Gasteiger partial charge in [0.1, 0.15) is 35.5 Å². The second-order valence-corrected chi connectivity index (χ2v) is 17.5. The molecule has 0 radical (unpaired) electrons. The lowest BCUT2D eigenvalue weighted by Crippen LogP contribution is -2.56. The summed E-state index contributed by atoms with van der Waals surface area (Å²) in [6, 6.07) is 0. The Kier molecular flexibility index (Phi) is 14.0. The van der Waals surface area contributed by atoms with Crippen molar-refractivity contribution in [1.29, 1.82) is 0 Å². The smallest absolute Gasteiger partial charge is 0.316 e. The number of esters is 1. The number of rotatable bonds is 3. The van der Waals surface area contributed by atoms with Crippen molar-refractivity contribution in [2.75, 3.05) is 20.3 Å². The Balaban J connectivity index is 1.40. The Morgan fingerprint density at radius 1 is 0.981 bits per heavy atom. The Morgan fingerprint density at radius 3 is 2.46 bits per heavy atom. The van der Waals surface area contributed by atoms with E-state index in [1.165, 1.54) is 37.7 Å². The van der Waals surface area contributed by atoms with Crippen molar-refractivity contribution in [3.05, 3.63) is 47.1 Å². The Morgan fingerprint density at radius 2 is 1.72 bits per heavy atom. The number of hydrogen-bond acceptors (Lipinski definition) is 10. The number of allylic oxidation sites excluding steroid dienone is 4. The Labute approximate surface area is 323 Å². The first-order valence-corrected chi connectivity index (χ1v) is 20.9. The number of nitrogens with zero attached hydrogens (tertiary/aromatic N) is 1. The van der Waals surface area contributed by atoms with E-state index in [0.29, 0.717) is 42.4 Å². The Bertz CT molecular complexity index is 1450. The maximum atomic E-state index is 14.3. The van der Waals surface area contributed by atoms with Gasteiger partial charge in [0.05, 0.1) is 37.6 Å². The van der Waals surface area contributed by atoms with Crippen molar-refractivity contribution < 1.29 is 43.9 Å². The molecule has 3 saturated heterocycles. The average molecular weight is 754 g/mol. The summed E-state index contributed by atoms with van der Waals surface area (Å²) in [5.74, 6) is -0.381. The van der Waals surface area contributed by atoms with E-state index >= 15 is 0 Å². The van der Waals surface area contributed by atoms with Gasteiger partial charge in [-0.15, -0.1) is 0 Å². The molecule has 54 heavy (non-hydrogen) atoms. The quantitative estimate of drug-likeness (QED) is 0.118. The zero-order valence-electron chi connectivity index (χ0n) is 33.5. The third-order valence-electron chi connectivity index (χ3n) is 13.7. The van der Waals surface area contributed by atoms with Gasteiger partial charge in [-0.1, -0.05) is 80.6 Å². The molecule has 4 heterocycles. The number of oxime groups is 1. The molecule has 0 aromatic heterocycles. The van der Waals surface area contributed by atoms with E-state index in [9.17, 15) is 20.2 Å². The highest BCUT2D eigenvalue weighted by atomic mass is 16.6. The summed E-state index contributed by atoms with van der Waals surface area (Å²) in [6.07, 6.45) is 19.2. The van der Waals surface area contributed by atoms with Crippen LogP contribution in [0, 0.1) is 35.5 Å². The van der Waals surface area contributed by atoms with Crippen molar-refractivity contribution >= 4 is 11.7 Å². The van der Waals surface area contributed by atoms with Gasteiger partial charge in [0.25, 0.3) is 0 Å². The highest BCUT2D eigenvalue weighted by molar-refractivity contribution is 6.06. The number of hydrogen-bond donors (Lipinski definition) is 3. The van der Waals surface area contributed by atoms with Crippen molar-refractivity contribution in [1.82, 2.24) is 0 Å². The summed E-state index contributed by atoms with van der Waals surface area (Å²) in [5, 5.41) is 36.9. The molecule has 3 N–H and O–H groups in total. The van der Waals surface area contributed by atoms with Crippen LogP contribution in [0.15, 0.2) is 52.3 Å². The summed E-state index contributed by atoms with van der Waals surface area (Å²) in [6.45, 7) is 11.1. The minimum atomic E-state index is -1.78. The van der Waals surface area contributed by atoms with Gasteiger partial charge >= 0.3 is 5.97 Å². The van der Waals surface area contributed by atoms with Crippen LogP contribution in [0.5, 0.6) is 0 Å². The van der Waals surface area contributed by atoms with Crippen LogP contribution in [-0.2, 0) is 28.5 Å². The van der Waals surface area contributed by atoms with Gasteiger partial charge in [-0.05, 0) is 101 Å². The molecule has 0 amide bonds. The van der Waals surface area contributed by atoms with Gasteiger partial charge in [0.2, 0.25) is 0 Å². The number of methoxy groups -OCH3 is 1. The molecule has 1 unspecified atom stereocenters. The fourth-order valence-corrected chi connectivity index (χ4v) is 10.6. The highest BCUT2D eigenvalue weighted by Gasteiger charge is 2.59. The summed E-state index contributed by atoms with van der Waals surface area (Å²) >= 11 is 0. The zero-order chi connectivity index (χ0) is 38.6. The monoisotopic (exact) mass is 753 g/mol. The lowest BCUT2D eigenvalue weighted by atomic mass is 9.71. The standard InChI is InChI=1S/C44H67NO9/c1-26-14-12-17-33-25-52-42-39(45-49)29(4)21-35(44(33,42)48)43(47)54-34-18-11-10-13-28(3)41(32-15-8-7-9-16-32)51-24-31(22-34)20-19-27(2)38(26)36-23-37(50-6)40(46)30(5)53-36/h12,14,17,19,21,26,28,30-32,34-38,40-42,46,48-49H,7-11,13,15-16,18,20,22-25H2,1-6H3/b14-12+,27-19+,33-17+,45-39-/t26-,28-,30-,31+,34+,35-,36?,37-,38-,40-,41-,42+,44+/m0/s1. The summed E-state index contributed by atoms with van der Waals surface area (Å²) < 4.78 is 31.9. The van der Waals surface area contributed by atoms with Crippen molar-refractivity contribution in [3.63, 3.8) is 0 Å². The first-order valence-electron chi connectivity index (χ1n) is 20.9. The Hall–Kier alpha value is -2.34. The molecule has 2 aliphatic carbocycles. The van der Waals surface area contributed by atoms with E-state index in [2.05, 4.69) is 38.1 Å². The molecule has 4 aliphatic heterocycles. The number of aliphatic hydroxyl groups is 2. The molecule has 2 bridgehead atoms. The van der Waals surface area contributed by atoms with Gasteiger partial charge < -0.3 is 39.1 Å². The maximum Gasteiger partial charge on any atom is 0.316 e. The van der Waals surface area contributed by atoms with Crippen LogP contribution >= 0.6 is 0 Å². The predicted octanol–water partition coefficient (Wildman–Crippen LogP) is 7.25. The summed E-state index contributed by atoms with van der Waals surface area (Å²) in [5.41, 5.74) is 0.746. The lowest BCUT2D eigenvalue weighted by Gasteiger charge is -2.42. The number of ether oxygens (including phenoxy) is 5. The van der Waals surface area contributed by atoms with Gasteiger partial charge in [-0.3, -0.25) is 4.79 Å². The minimum Gasteiger partial charge on any atom is -0.462 e.